The highest BCUT2D eigenvalue weighted by Gasteiger charge is 2.05. The van der Waals surface area contributed by atoms with Gasteiger partial charge in [0.05, 0.1) is 5.56 Å². The molecule has 1 aromatic carbocycles. The second kappa shape index (κ2) is 3.26. The monoisotopic (exact) mass is 165 g/mol. The Balaban J connectivity index is 3.12. The van der Waals surface area contributed by atoms with Crippen LogP contribution in [0, 0.1) is 6.92 Å². The Bertz CT molecular complexity index is 307. The molecule has 0 fully saturated rings. The molecule has 0 amide bonds. The van der Waals surface area contributed by atoms with Crippen LogP contribution in [0.25, 0.3) is 0 Å². The third-order valence-corrected chi connectivity index (χ3v) is 1.75. The third kappa shape index (κ3) is 1.56. The lowest BCUT2D eigenvalue weighted by Gasteiger charge is -2.03. The van der Waals surface area contributed by atoms with Crippen LogP contribution in [-0.4, -0.2) is 18.1 Å². The van der Waals surface area contributed by atoms with Crippen LogP contribution in [0.15, 0.2) is 18.2 Å². The number of carboxylic acids is 1. The Kier molecular flexibility index (Phi) is 2.33. The van der Waals surface area contributed by atoms with E-state index in [2.05, 4.69) is 5.32 Å². The van der Waals surface area contributed by atoms with Gasteiger partial charge in [-0.15, -0.1) is 0 Å². The number of aromatic carboxylic acids is 1. The molecule has 0 radical (unpaired) electrons. The average molecular weight is 165 g/mol. The molecule has 0 unspecified atom stereocenters. The minimum absolute atomic E-state index is 0.356. The second-order valence-corrected chi connectivity index (χ2v) is 2.58. The average Bonchev–Trinajstić information content (AvgIpc) is 2.03. The molecule has 0 saturated carbocycles. The SMILES string of the molecule is CNc1ccc(C(=O)O)c(C)c1. The molecule has 0 heterocycles. The highest BCUT2D eigenvalue weighted by molar-refractivity contribution is 5.89. The van der Waals surface area contributed by atoms with Gasteiger partial charge in [0.15, 0.2) is 0 Å². The minimum Gasteiger partial charge on any atom is -0.478 e. The van der Waals surface area contributed by atoms with Crippen molar-refractivity contribution in [2.24, 2.45) is 0 Å². The number of aryl methyl sites for hydroxylation is 1. The molecule has 64 valence electrons. The van der Waals surface area contributed by atoms with E-state index in [1.165, 1.54) is 0 Å². The zero-order chi connectivity index (χ0) is 9.14. The number of carboxylic acid groups (broad SMARTS) is 1. The molecule has 3 nitrogen and oxygen atoms in total. The zero-order valence-electron chi connectivity index (χ0n) is 7.09. The van der Waals surface area contributed by atoms with Crippen LogP contribution >= 0.6 is 0 Å². The number of rotatable bonds is 2. The maximum atomic E-state index is 10.6. The van der Waals surface area contributed by atoms with Crippen molar-refractivity contribution in [2.45, 2.75) is 6.92 Å². The normalized spacial score (nSPS) is 9.50. The van der Waals surface area contributed by atoms with E-state index in [0.717, 1.165) is 11.3 Å². The first-order chi connectivity index (χ1) is 5.65. The molecular formula is C9H11NO2. The fourth-order valence-corrected chi connectivity index (χ4v) is 1.06. The van der Waals surface area contributed by atoms with Gasteiger partial charge in [0, 0.05) is 12.7 Å². The van der Waals surface area contributed by atoms with Crippen molar-refractivity contribution >= 4 is 11.7 Å². The summed E-state index contributed by atoms with van der Waals surface area (Å²) < 4.78 is 0. The Morgan fingerprint density at radius 2 is 2.17 bits per heavy atom. The maximum absolute atomic E-state index is 10.6. The number of hydrogen-bond acceptors (Lipinski definition) is 2. The predicted molar refractivity (Wildman–Crippen MR) is 47.7 cm³/mol. The Morgan fingerprint density at radius 1 is 1.50 bits per heavy atom. The van der Waals surface area contributed by atoms with Crippen LogP contribution in [0.2, 0.25) is 0 Å². The number of benzene rings is 1. The Hall–Kier alpha value is -1.51. The van der Waals surface area contributed by atoms with Crippen LogP contribution in [-0.2, 0) is 0 Å². The Labute approximate surface area is 71.0 Å². The van der Waals surface area contributed by atoms with Gasteiger partial charge in [-0.05, 0) is 30.7 Å². The number of carbonyl (C=O) groups is 1. The van der Waals surface area contributed by atoms with Gasteiger partial charge in [0.1, 0.15) is 0 Å². The van der Waals surface area contributed by atoms with Gasteiger partial charge >= 0.3 is 5.97 Å². The van der Waals surface area contributed by atoms with E-state index >= 15 is 0 Å². The smallest absolute Gasteiger partial charge is 0.335 e. The van der Waals surface area contributed by atoms with E-state index in [0.29, 0.717) is 5.56 Å². The van der Waals surface area contributed by atoms with E-state index in [1.807, 2.05) is 6.07 Å². The van der Waals surface area contributed by atoms with Crippen LogP contribution < -0.4 is 5.32 Å². The van der Waals surface area contributed by atoms with Crippen LogP contribution in [0.3, 0.4) is 0 Å². The molecular weight excluding hydrogens is 154 g/mol. The summed E-state index contributed by atoms with van der Waals surface area (Å²) in [7, 11) is 1.80. The molecule has 0 aromatic heterocycles. The highest BCUT2D eigenvalue weighted by atomic mass is 16.4. The van der Waals surface area contributed by atoms with Crippen LogP contribution in [0.5, 0.6) is 0 Å². The van der Waals surface area contributed by atoms with Gasteiger partial charge < -0.3 is 10.4 Å². The number of anilines is 1. The fourth-order valence-electron chi connectivity index (χ4n) is 1.06. The van der Waals surface area contributed by atoms with Crippen LogP contribution in [0.4, 0.5) is 5.69 Å². The summed E-state index contributed by atoms with van der Waals surface area (Å²) in [5, 5.41) is 11.6. The summed E-state index contributed by atoms with van der Waals surface area (Å²) in [5.74, 6) is -0.879. The molecule has 0 aliphatic carbocycles. The van der Waals surface area contributed by atoms with Crippen molar-refractivity contribution in [3.8, 4) is 0 Å². The first-order valence-corrected chi connectivity index (χ1v) is 3.67. The standard InChI is InChI=1S/C9H11NO2/c1-6-5-7(10-2)3-4-8(6)9(11)12/h3-5,10H,1-2H3,(H,11,12). The lowest BCUT2D eigenvalue weighted by Crippen LogP contribution is -2.00. The molecule has 0 saturated heterocycles. The van der Waals surface area contributed by atoms with E-state index in [4.69, 9.17) is 5.11 Å². The quantitative estimate of drug-likeness (QED) is 0.701. The molecule has 0 spiro atoms. The van der Waals surface area contributed by atoms with Crippen LogP contribution in [0.1, 0.15) is 15.9 Å². The molecule has 1 rings (SSSR count). The molecule has 0 atom stereocenters. The molecule has 0 aliphatic rings. The largest absolute Gasteiger partial charge is 0.478 e. The first kappa shape index (κ1) is 8.59. The van der Waals surface area contributed by atoms with Gasteiger partial charge in [-0.3, -0.25) is 0 Å². The van der Waals surface area contributed by atoms with Gasteiger partial charge in [0.25, 0.3) is 0 Å². The van der Waals surface area contributed by atoms with E-state index in [9.17, 15) is 4.79 Å². The lowest BCUT2D eigenvalue weighted by atomic mass is 10.1. The second-order valence-electron chi connectivity index (χ2n) is 2.58. The van der Waals surface area contributed by atoms with Crippen molar-refractivity contribution < 1.29 is 9.90 Å². The van der Waals surface area contributed by atoms with Crippen molar-refractivity contribution in [3.05, 3.63) is 29.3 Å². The minimum atomic E-state index is -0.879. The van der Waals surface area contributed by atoms with E-state index in [1.54, 1.807) is 26.1 Å². The van der Waals surface area contributed by atoms with Gasteiger partial charge in [-0.25, -0.2) is 4.79 Å². The summed E-state index contributed by atoms with van der Waals surface area (Å²) >= 11 is 0. The third-order valence-electron chi connectivity index (χ3n) is 1.75. The topological polar surface area (TPSA) is 49.3 Å². The number of hydrogen-bond donors (Lipinski definition) is 2. The molecule has 3 heteroatoms. The van der Waals surface area contributed by atoms with Crippen molar-refractivity contribution in [1.29, 1.82) is 0 Å². The summed E-state index contributed by atoms with van der Waals surface area (Å²) in [5.41, 5.74) is 2.06. The van der Waals surface area contributed by atoms with Crippen molar-refractivity contribution in [1.82, 2.24) is 0 Å². The molecule has 2 N–H and O–H groups in total. The van der Waals surface area contributed by atoms with Crippen molar-refractivity contribution in [2.75, 3.05) is 12.4 Å². The molecule has 12 heavy (non-hydrogen) atoms. The first-order valence-electron chi connectivity index (χ1n) is 3.67. The summed E-state index contributed by atoms with van der Waals surface area (Å²) in [6.07, 6.45) is 0. The molecule has 1 aromatic rings. The van der Waals surface area contributed by atoms with E-state index < -0.39 is 5.97 Å². The molecule has 0 aliphatic heterocycles. The zero-order valence-corrected chi connectivity index (χ0v) is 7.09. The fraction of sp³-hybridized carbons (Fsp3) is 0.222. The van der Waals surface area contributed by atoms with E-state index in [-0.39, 0.29) is 0 Å². The lowest BCUT2D eigenvalue weighted by molar-refractivity contribution is 0.0696. The maximum Gasteiger partial charge on any atom is 0.335 e. The Morgan fingerprint density at radius 3 is 2.58 bits per heavy atom. The highest BCUT2D eigenvalue weighted by Crippen LogP contribution is 2.14. The summed E-state index contributed by atoms with van der Waals surface area (Å²) in [6.45, 7) is 1.78. The summed E-state index contributed by atoms with van der Waals surface area (Å²) in [6, 6.07) is 5.16. The summed E-state index contributed by atoms with van der Waals surface area (Å²) in [4.78, 5) is 10.6. The molecule has 0 bridgehead atoms. The van der Waals surface area contributed by atoms with Gasteiger partial charge in [-0.2, -0.15) is 0 Å². The van der Waals surface area contributed by atoms with Gasteiger partial charge in [0.2, 0.25) is 0 Å². The number of nitrogens with one attached hydrogen (secondary N) is 1. The van der Waals surface area contributed by atoms with Crippen molar-refractivity contribution in [3.63, 3.8) is 0 Å². The van der Waals surface area contributed by atoms with Gasteiger partial charge in [-0.1, -0.05) is 0 Å². The predicted octanol–water partition coefficient (Wildman–Crippen LogP) is 1.73.